The van der Waals surface area contributed by atoms with Gasteiger partial charge in [0, 0.05) is 19.0 Å². The van der Waals surface area contributed by atoms with Gasteiger partial charge in [0.2, 0.25) is 5.91 Å². The molecule has 1 unspecified atom stereocenters. The second-order valence-electron chi connectivity index (χ2n) is 4.68. The van der Waals surface area contributed by atoms with E-state index in [-0.39, 0.29) is 18.4 Å². The fourth-order valence-corrected chi connectivity index (χ4v) is 2.13. The van der Waals surface area contributed by atoms with Crippen molar-refractivity contribution in [1.82, 2.24) is 10.6 Å². The van der Waals surface area contributed by atoms with Crippen molar-refractivity contribution in [3.8, 4) is 0 Å². The number of ether oxygens (including phenoxy) is 1. The molecule has 1 aromatic carbocycles. The molecule has 0 saturated carbocycles. The maximum Gasteiger partial charge on any atom is 0.330 e. The molecule has 6 heteroatoms. The van der Waals surface area contributed by atoms with E-state index >= 15 is 0 Å². The van der Waals surface area contributed by atoms with Crippen LogP contribution < -0.4 is 10.6 Å². The second-order valence-corrected chi connectivity index (χ2v) is 4.68. The van der Waals surface area contributed by atoms with E-state index in [1.54, 1.807) is 30.3 Å². The predicted molar refractivity (Wildman–Crippen MR) is 72.2 cm³/mol. The molecule has 1 amide bonds. The van der Waals surface area contributed by atoms with E-state index < -0.39 is 12.0 Å². The Labute approximate surface area is 117 Å². The number of hydrogen-bond donors (Lipinski definition) is 3. The summed E-state index contributed by atoms with van der Waals surface area (Å²) >= 11 is 0. The fraction of sp³-hybridized carbons (Fsp3) is 0.429. The summed E-state index contributed by atoms with van der Waals surface area (Å²) in [6.45, 7) is 1.81. The number of benzene rings is 1. The molecule has 1 fully saturated rings. The van der Waals surface area contributed by atoms with Crippen LogP contribution in [0, 0.1) is 0 Å². The highest BCUT2D eigenvalue weighted by molar-refractivity contribution is 5.84. The molecule has 2 atom stereocenters. The average molecular weight is 278 g/mol. The highest BCUT2D eigenvalue weighted by Gasteiger charge is 2.24. The van der Waals surface area contributed by atoms with Gasteiger partial charge in [-0.15, -0.1) is 0 Å². The van der Waals surface area contributed by atoms with Crippen LogP contribution in [0.4, 0.5) is 0 Å². The predicted octanol–water partition coefficient (Wildman–Crippen LogP) is 0.307. The van der Waals surface area contributed by atoms with Crippen LogP contribution in [0.1, 0.15) is 18.0 Å². The molecule has 1 heterocycles. The molecule has 0 bridgehead atoms. The molecule has 2 rings (SSSR count). The first-order chi connectivity index (χ1) is 9.66. The lowest BCUT2D eigenvalue weighted by atomic mass is 10.1. The molecular weight excluding hydrogens is 260 g/mol. The first kappa shape index (κ1) is 14.5. The summed E-state index contributed by atoms with van der Waals surface area (Å²) in [6, 6.07) is 7.57. The van der Waals surface area contributed by atoms with Crippen LogP contribution in [0.5, 0.6) is 0 Å². The number of carbonyl (C=O) groups excluding carboxylic acids is 1. The largest absolute Gasteiger partial charge is 0.479 e. The summed E-state index contributed by atoms with van der Waals surface area (Å²) in [6.07, 6.45) is 0.205. The van der Waals surface area contributed by atoms with Gasteiger partial charge in [0.25, 0.3) is 0 Å². The van der Waals surface area contributed by atoms with Gasteiger partial charge < -0.3 is 20.5 Å². The molecule has 0 aliphatic carbocycles. The van der Waals surface area contributed by atoms with Crippen LogP contribution in [0.25, 0.3) is 0 Å². The lowest BCUT2D eigenvalue weighted by Crippen LogP contribution is -2.45. The summed E-state index contributed by atoms with van der Waals surface area (Å²) in [5, 5.41) is 14.9. The van der Waals surface area contributed by atoms with Crippen LogP contribution in [0.15, 0.2) is 30.3 Å². The Hall–Kier alpha value is -1.92. The van der Waals surface area contributed by atoms with Gasteiger partial charge in [0.15, 0.2) is 6.04 Å². The third-order valence-electron chi connectivity index (χ3n) is 3.12. The van der Waals surface area contributed by atoms with E-state index in [2.05, 4.69) is 10.6 Å². The topological polar surface area (TPSA) is 87.7 Å². The van der Waals surface area contributed by atoms with E-state index in [1.807, 2.05) is 0 Å². The second kappa shape index (κ2) is 7.02. The van der Waals surface area contributed by atoms with Gasteiger partial charge in [-0.05, 0) is 5.56 Å². The maximum atomic E-state index is 11.9. The van der Waals surface area contributed by atoms with Crippen LogP contribution in [0.3, 0.4) is 0 Å². The van der Waals surface area contributed by atoms with Gasteiger partial charge in [-0.25, -0.2) is 4.79 Å². The summed E-state index contributed by atoms with van der Waals surface area (Å²) in [4.78, 5) is 23.2. The zero-order valence-corrected chi connectivity index (χ0v) is 11.0. The van der Waals surface area contributed by atoms with Crippen molar-refractivity contribution in [2.75, 3.05) is 19.8 Å². The smallest absolute Gasteiger partial charge is 0.330 e. The van der Waals surface area contributed by atoms with E-state index in [0.29, 0.717) is 25.3 Å². The van der Waals surface area contributed by atoms with Crippen molar-refractivity contribution < 1.29 is 19.4 Å². The number of morpholine rings is 1. The molecule has 1 aromatic rings. The quantitative estimate of drug-likeness (QED) is 0.721. The normalized spacial score (nSPS) is 20.1. The Balaban J connectivity index is 1.94. The highest BCUT2D eigenvalue weighted by atomic mass is 16.5. The van der Waals surface area contributed by atoms with Crippen LogP contribution in [0.2, 0.25) is 0 Å². The highest BCUT2D eigenvalue weighted by Crippen LogP contribution is 2.13. The third kappa shape index (κ3) is 4.04. The number of nitrogens with one attached hydrogen (secondary N) is 2. The monoisotopic (exact) mass is 278 g/mol. The van der Waals surface area contributed by atoms with Crippen LogP contribution in [-0.4, -0.2) is 42.8 Å². The number of carboxylic acids is 1. The number of carboxylic acid groups (broad SMARTS) is 1. The molecule has 20 heavy (non-hydrogen) atoms. The molecule has 1 aliphatic heterocycles. The van der Waals surface area contributed by atoms with E-state index in [1.165, 1.54) is 0 Å². The summed E-state index contributed by atoms with van der Waals surface area (Å²) in [5.74, 6) is -1.37. The SMILES string of the molecule is O=C(CC1COCCN1)N[C@@H](C(=O)O)c1ccccc1. The van der Waals surface area contributed by atoms with Crippen molar-refractivity contribution >= 4 is 11.9 Å². The molecule has 1 aliphatic rings. The first-order valence-electron chi connectivity index (χ1n) is 6.55. The average Bonchev–Trinajstić information content (AvgIpc) is 2.46. The molecule has 1 saturated heterocycles. The van der Waals surface area contributed by atoms with Crippen LogP contribution >= 0.6 is 0 Å². The molecule has 0 aromatic heterocycles. The standard InChI is InChI=1S/C14H18N2O4/c17-12(8-11-9-20-7-6-15-11)16-13(14(18)19)10-4-2-1-3-5-10/h1-5,11,13,15H,6-9H2,(H,16,17)(H,18,19)/t11?,13-/m1/s1. The van der Waals surface area contributed by atoms with E-state index in [9.17, 15) is 14.7 Å². The third-order valence-corrected chi connectivity index (χ3v) is 3.12. The Morgan fingerprint density at radius 1 is 1.40 bits per heavy atom. The minimum atomic E-state index is -1.07. The fourth-order valence-electron chi connectivity index (χ4n) is 2.13. The van der Waals surface area contributed by atoms with E-state index in [4.69, 9.17) is 4.74 Å². The number of rotatable bonds is 5. The Morgan fingerprint density at radius 3 is 2.75 bits per heavy atom. The Bertz CT molecular complexity index is 458. The molecule has 0 spiro atoms. The summed E-state index contributed by atoms with van der Waals surface area (Å²) < 4.78 is 5.26. The first-order valence-corrected chi connectivity index (χ1v) is 6.55. The number of aliphatic carboxylic acids is 1. The Morgan fingerprint density at radius 2 is 2.15 bits per heavy atom. The molecule has 6 nitrogen and oxygen atoms in total. The number of amides is 1. The van der Waals surface area contributed by atoms with Gasteiger partial charge >= 0.3 is 5.97 Å². The van der Waals surface area contributed by atoms with Gasteiger partial charge in [-0.1, -0.05) is 30.3 Å². The summed E-state index contributed by atoms with van der Waals surface area (Å²) in [7, 11) is 0. The zero-order chi connectivity index (χ0) is 14.4. The molecule has 0 radical (unpaired) electrons. The van der Waals surface area contributed by atoms with Crippen molar-refractivity contribution in [3.05, 3.63) is 35.9 Å². The van der Waals surface area contributed by atoms with Crippen molar-refractivity contribution in [2.24, 2.45) is 0 Å². The molecule has 108 valence electrons. The number of hydrogen-bond acceptors (Lipinski definition) is 4. The minimum Gasteiger partial charge on any atom is -0.479 e. The van der Waals surface area contributed by atoms with Gasteiger partial charge in [-0.3, -0.25) is 4.79 Å². The van der Waals surface area contributed by atoms with Gasteiger partial charge in [-0.2, -0.15) is 0 Å². The lowest BCUT2D eigenvalue weighted by Gasteiger charge is -2.24. The molecular formula is C14H18N2O4. The lowest BCUT2D eigenvalue weighted by molar-refractivity contribution is -0.142. The van der Waals surface area contributed by atoms with Gasteiger partial charge in [0.05, 0.1) is 13.2 Å². The van der Waals surface area contributed by atoms with Crippen LogP contribution in [-0.2, 0) is 14.3 Å². The van der Waals surface area contributed by atoms with Crippen molar-refractivity contribution in [3.63, 3.8) is 0 Å². The maximum absolute atomic E-state index is 11.9. The minimum absolute atomic E-state index is 0.0611. The van der Waals surface area contributed by atoms with E-state index in [0.717, 1.165) is 0 Å². The summed E-state index contributed by atoms with van der Waals surface area (Å²) in [5.41, 5.74) is 0.557. The van der Waals surface area contributed by atoms with Crippen molar-refractivity contribution in [2.45, 2.75) is 18.5 Å². The number of carbonyl (C=O) groups is 2. The van der Waals surface area contributed by atoms with Crippen molar-refractivity contribution in [1.29, 1.82) is 0 Å². The molecule has 3 N–H and O–H groups in total. The zero-order valence-electron chi connectivity index (χ0n) is 11.0. The Kier molecular flexibility index (Phi) is 5.09. The van der Waals surface area contributed by atoms with Gasteiger partial charge in [0.1, 0.15) is 0 Å².